The SMILES string of the molecule is Cc1cccc(C(=O)CC23CC(NC(=O)COc4ccc(Cl)c(F)c4)(C2)C3)n1. The lowest BCUT2D eigenvalue weighted by Crippen LogP contribution is -2.75. The summed E-state index contributed by atoms with van der Waals surface area (Å²) in [5.41, 5.74) is 1.08. The van der Waals surface area contributed by atoms with E-state index < -0.39 is 5.82 Å². The van der Waals surface area contributed by atoms with E-state index in [4.69, 9.17) is 16.3 Å². The van der Waals surface area contributed by atoms with E-state index in [2.05, 4.69) is 10.3 Å². The van der Waals surface area contributed by atoms with Crippen molar-refractivity contribution in [2.45, 2.75) is 38.1 Å². The molecule has 1 N–H and O–H groups in total. The first-order valence-corrected chi connectivity index (χ1v) is 9.52. The van der Waals surface area contributed by atoms with Gasteiger partial charge in [-0.05, 0) is 55.9 Å². The molecule has 1 amide bonds. The molecule has 5 rings (SSSR count). The first kappa shape index (κ1) is 18.9. The van der Waals surface area contributed by atoms with E-state index in [0.717, 1.165) is 31.0 Å². The number of carbonyl (C=O) groups is 2. The number of rotatable bonds is 7. The van der Waals surface area contributed by atoms with E-state index in [-0.39, 0.29) is 40.0 Å². The van der Waals surface area contributed by atoms with Crippen molar-refractivity contribution in [3.8, 4) is 5.75 Å². The van der Waals surface area contributed by atoms with Gasteiger partial charge in [0.15, 0.2) is 12.4 Å². The van der Waals surface area contributed by atoms with Gasteiger partial charge in [0.1, 0.15) is 17.3 Å². The Kier molecular flexibility index (Phi) is 4.62. The average Bonchev–Trinajstić information content (AvgIpc) is 2.59. The van der Waals surface area contributed by atoms with Crippen LogP contribution in [0.1, 0.15) is 41.9 Å². The zero-order valence-corrected chi connectivity index (χ0v) is 16.2. The van der Waals surface area contributed by atoms with Crippen molar-refractivity contribution in [3.05, 3.63) is 58.6 Å². The topological polar surface area (TPSA) is 68.3 Å². The van der Waals surface area contributed by atoms with Crippen LogP contribution in [0.25, 0.3) is 0 Å². The molecule has 0 atom stereocenters. The number of ether oxygens (including phenoxy) is 1. The minimum atomic E-state index is -0.589. The molecule has 146 valence electrons. The Morgan fingerprint density at radius 2 is 2.00 bits per heavy atom. The molecule has 3 aliphatic carbocycles. The zero-order chi connectivity index (χ0) is 19.9. The summed E-state index contributed by atoms with van der Waals surface area (Å²) in [6, 6.07) is 9.50. The zero-order valence-electron chi connectivity index (χ0n) is 15.4. The van der Waals surface area contributed by atoms with Crippen LogP contribution in [-0.4, -0.2) is 28.8 Å². The summed E-state index contributed by atoms with van der Waals surface area (Å²) in [4.78, 5) is 28.9. The van der Waals surface area contributed by atoms with Gasteiger partial charge in [-0.2, -0.15) is 0 Å². The molecule has 28 heavy (non-hydrogen) atoms. The first-order valence-electron chi connectivity index (χ1n) is 9.14. The molecule has 1 aromatic carbocycles. The van der Waals surface area contributed by atoms with Gasteiger partial charge in [0.2, 0.25) is 0 Å². The maximum absolute atomic E-state index is 13.4. The summed E-state index contributed by atoms with van der Waals surface area (Å²) in [5, 5.41) is 3.00. The molecule has 5 nitrogen and oxygen atoms in total. The summed E-state index contributed by atoms with van der Waals surface area (Å²) >= 11 is 5.62. The largest absolute Gasteiger partial charge is 0.484 e. The van der Waals surface area contributed by atoms with Crippen LogP contribution in [0.5, 0.6) is 5.75 Å². The Morgan fingerprint density at radius 3 is 2.68 bits per heavy atom. The summed E-state index contributed by atoms with van der Waals surface area (Å²) < 4.78 is 18.7. The van der Waals surface area contributed by atoms with Crippen molar-refractivity contribution in [2.24, 2.45) is 5.41 Å². The molecule has 7 heteroatoms. The van der Waals surface area contributed by atoms with Crippen molar-refractivity contribution in [3.63, 3.8) is 0 Å². The summed E-state index contributed by atoms with van der Waals surface area (Å²) in [5.74, 6) is -0.539. The summed E-state index contributed by atoms with van der Waals surface area (Å²) in [6.07, 6.45) is 2.83. The second-order valence-electron chi connectivity index (χ2n) is 7.99. The number of aryl methyl sites for hydroxylation is 1. The third-order valence-electron chi connectivity index (χ3n) is 5.52. The van der Waals surface area contributed by atoms with Crippen LogP contribution in [0, 0.1) is 18.2 Å². The van der Waals surface area contributed by atoms with E-state index in [1.54, 1.807) is 6.07 Å². The number of ketones is 1. The van der Waals surface area contributed by atoms with Crippen LogP contribution >= 0.6 is 11.6 Å². The van der Waals surface area contributed by atoms with Gasteiger partial charge >= 0.3 is 0 Å². The highest BCUT2D eigenvalue weighted by Gasteiger charge is 2.68. The first-order chi connectivity index (χ1) is 13.3. The highest BCUT2D eigenvalue weighted by molar-refractivity contribution is 6.30. The smallest absolute Gasteiger partial charge is 0.258 e. The van der Waals surface area contributed by atoms with Gasteiger partial charge in [-0.3, -0.25) is 14.6 Å². The third kappa shape index (κ3) is 3.61. The number of nitrogens with zero attached hydrogens (tertiary/aromatic N) is 1. The lowest BCUT2D eigenvalue weighted by atomic mass is 9.38. The number of amides is 1. The molecule has 0 unspecified atom stereocenters. The van der Waals surface area contributed by atoms with Crippen molar-refractivity contribution < 1.29 is 18.7 Å². The van der Waals surface area contributed by atoms with Gasteiger partial charge in [-0.15, -0.1) is 0 Å². The Morgan fingerprint density at radius 1 is 1.25 bits per heavy atom. The second-order valence-corrected chi connectivity index (χ2v) is 8.39. The molecule has 2 bridgehead atoms. The number of hydrogen-bond donors (Lipinski definition) is 1. The van der Waals surface area contributed by atoms with Gasteiger partial charge < -0.3 is 10.1 Å². The fourth-order valence-corrected chi connectivity index (χ4v) is 4.61. The number of pyridine rings is 1. The van der Waals surface area contributed by atoms with Crippen molar-refractivity contribution in [1.29, 1.82) is 0 Å². The molecule has 3 aliphatic rings. The molecule has 1 heterocycles. The molecule has 0 saturated heterocycles. The maximum atomic E-state index is 13.4. The lowest BCUT2D eigenvalue weighted by molar-refractivity contribution is -0.164. The van der Waals surface area contributed by atoms with Crippen molar-refractivity contribution in [1.82, 2.24) is 10.3 Å². The Balaban J connectivity index is 1.24. The van der Waals surface area contributed by atoms with Crippen molar-refractivity contribution >= 4 is 23.3 Å². The van der Waals surface area contributed by atoms with Crippen LogP contribution in [0.4, 0.5) is 4.39 Å². The minimum absolute atomic E-state index is 0.00590. The molecule has 0 spiro atoms. The van der Waals surface area contributed by atoms with Crippen LogP contribution in [-0.2, 0) is 4.79 Å². The van der Waals surface area contributed by atoms with Crippen molar-refractivity contribution in [2.75, 3.05) is 6.61 Å². The number of halogens is 2. The Bertz CT molecular complexity index is 943. The average molecular weight is 403 g/mol. The fraction of sp³-hybridized carbons (Fsp3) is 0.381. The van der Waals surface area contributed by atoms with Gasteiger partial charge in [-0.25, -0.2) is 4.39 Å². The van der Waals surface area contributed by atoms with Crippen LogP contribution in [0.2, 0.25) is 5.02 Å². The molecule has 3 fully saturated rings. The van der Waals surface area contributed by atoms with Gasteiger partial charge in [-0.1, -0.05) is 17.7 Å². The number of aromatic nitrogens is 1. The van der Waals surface area contributed by atoms with Crippen LogP contribution < -0.4 is 10.1 Å². The molecule has 0 aliphatic heterocycles. The molecule has 2 aromatic rings. The summed E-state index contributed by atoms with van der Waals surface area (Å²) in [6.45, 7) is 1.67. The Labute approximate surface area is 167 Å². The normalized spacial score (nSPS) is 24.7. The third-order valence-corrected chi connectivity index (χ3v) is 5.82. The van der Waals surface area contributed by atoms with Gasteiger partial charge in [0.25, 0.3) is 5.91 Å². The minimum Gasteiger partial charge on any atom is -0.484 e. The predicted octanol–water partition coefficient (Wildman–Crippen LogP) is 3.87. The highest BCUT2D eigenvalue weighted by Crippen LogP contribution is 2.69. The summed E-state index contributed by atoms with van der Waals surface area (Å²) in [7, 11) is 0. The standard InChI is InChI=1S/C21H20ClFN2O3/c1-13-3-2-4-17(24-13)18(26)8-20-10-21(11-20,12-20)25-19(27)9-28-14-5-6-15(22)16(23)7-14/h2-7H,8-12H2,1H3,(H,25,27). The monoisotopic (exact) mass is 402 g/mol. The Hall–Kier alpha value is -2.47. The van der Waals surface area contributed by atoms with Crippen LogP contribution in [0.15, 0.2) is 36.4 Å². The number of hydrogen-bond acceptors (Lipinski definition) is 4. The molecule has 1 aromatic heterocycles. The number of benzene rings is 1. The molecule has 3 saturated carbocycles. The maximum Gasteiger partial charge on any atom is 0.258 e. The number of nitrogens with one attached hydrogen (secondary N) is 1. The van der Waals surface area contributed by atoms with E-state index in [9.17, 15) is 14.0 Å². The van der Waals surface area contributed by atoms with E-state index in [1.807, 2.05) is 19.1 Å². The van der Waals surface area contributed by atoms with E-state index in [0.29, 0.717) is 12.1 Å². The number of carbonyl (C=O) groups excluding carboxylic acids is 2. The van der Waals surface area contributed by atoms with Gasteiger partial charge in [0.05, 0.1) is 5.02 Å². The quantitative estimate of drug-likeness (QED) is 0.714. The molecule has 0 radical (unpaired) electrons. The van der Waals surface area contributed by atoms with E-state index in [1.165, 1.54) is 12.1 Å². The fourth-order valence-electron chi connectivity index (χ4n) is 4.50. The van der Waals surface area contributed by atoms with E-state index >= 15 is 0 Å². The van der Waals surface area contributed by atoms with Gasteiger partial charge in [0, 0.05) is 23.7 Å². The van der Waals surface area contributed by atoms with Crippen LogP contribution in [0.3, 0.4) is 0 Å². The lowest BCUT2D eigenvalue weighted by Gasteiger charge is -2.70. The predicted molar refractivity (Wildman–Crippen MR) is 102 cm³/mol. The second kappa shape index (κ2) is 6.85. The highest BCUT2D eigenvalue weighted by atomic mass is 35.5. The number of Topliss-reactive ketones (excluding diaryl/α,β-unsaturated/α-hetero) is 1. The molecular weight excluding hydrogens is 383 g/mol. The molecular formula is C21H20ClFN2O3.